The van der Waals surface area contributed by atoms with Gasteiger partial charge in [0.1, 0.15) is 6.67 Å². The summed E-state index contributed by atoms with van der Waals surface area (Å²) < 4.78 is 0. The highest BCUT2D eigenvalue weighted by molar-refractivity contribution is 6.21. The standard InChI is InChI=1S/C25H22N2O3/c1-17-12-13-20(14-18(17)2)26(23(28)15-19-8-4-3-5-9-19)16-27-24(29)21-10-6-7-11-22(21)25(27)30/h3-14H,15-16H2,1-2H3. The van der Waals surface area contributed by atoms with E-state index in [0.717, 1.165) is 21.6 Å². The molecule has 3 aromatic carbocycles. The van der Waals surface area contributed by atoms with Crippen molar-refractivity contribution in [2.24, 2.45) is 0 Å². The molecule has 1 heterocycles. The molecule has 30 heavy (non-hydrogen) atoms. The normalized spacial score (nSPS) is 12.8. The number of nitrogens with zero attached hydrogens (tertiary/aromatic N) is 2. The maximum Gasteiger partial charge on any atom is 0.263 e. The zero-order chi connectivity index (χ0) is 21.3. The largest absolute Gasteiger partial charge is 0.293 e. The fourth-order valence-corrected chi connectivity index (χ4v) is 3.57. The minimum absolute atomic E-state index is 0.124. The summed E-state index contributed by atoms with van der Waals surface area (Å²) in [7, 11) is 0. The van der Waals surface area contributed by atoms with E-state index >= 15 is 0 Å². The van der Waals surface area contributed by atoms with Gasteiger partial charge >= 0.3 is 0 Å². The van der Waals surface area contributed by atoms with Crippen LogP contribution >= 0.6 is 0 Å². The molecule has 0 aromatic heterocycles. The second kappa shape index (κ2) is 7.95. The van der Waals surface area contributed by atoms with Crippen molar-refractivity contribution in [3.8, 4) is 0 Å². The van der Waals surface area contributed by atoms with Gasteiger partial charge in [-0.1, -0.05) is 48.5 Å². The molecule has 0 saturated carbocycles. The quantitative estimate of drug-likeness (QED) is 0.607. The topological polar surface area (TPSA) is 57.7 Å². The van der Waals surface area contributed by atoms with Crippen LogP contribution in [0.3, 0.4) is 0 Å². The number of carbonyl (C=O) groups excluding carboxylic acids is 3. The minimum Gasteiger partial charge on any atom is -0.293 e. The predicted octanol–water partition coefficient (Wildman–Crippen LogP) is 4.13. The van der Waals surface area contributed by atoms with E-state index in [4.69, 9.17) is 0 Å². The first-order valence-corrected chi connectivity index (χ1v) is 9.82. The first-order valence-electron chi connectivity index (χ1n) is 9.82. The molecule has 5 nitrogen and oxygen atoms in total. The fourth-order valence-electron chi connectivity index (χ4n) is 3.57. The molecule has 4 rings (SSSR count). The van der Waals surface area contributed by atoms with Crippen LogP contribution < -0.4 is 4.90 Å². The van der Waals surface area contributed by atoms with Crippen molar-refractivity contribution in [1.82, 2.24) is 4.90 Å². The number of carbonyl (C=O) groups is 3. The number of anilines is 1. The molecule has 0 radical (unpaired) electrons. The van der Waals surface area contributed by atoms with Gasteiger partial charge in [0.25, 0.3) is 11.8 Å². The molecule has 0 atom stereocenters. The highest BCUT2D eigenvalue weighted by atomic mass is 16.2. The van der Waals surface area contributed by atoms with E-state index in [9.17, 15) is 14.4 Å². The summed E-state index contributed by atoms with van der Waals surface area (Å²) in [6.45, 7) is 3.85. The Balaban J connectivity index is 1.67. The molecule has 3 aromatic rings. The first-order chi connectivity index (χ1) is 14.5. The Morgan fingerprint density at radius 1 is 0.800 bits per heavy atom. The molecule has 0 aliphatic carbocycles. The van der Waals surface area contributed by atoms with Crippen LogP contribution in [0.2, 0.25) is 0 Å². The van der Waals surface area contributed by atoms with Crippen LogP contribution in [0.4, 0.5) is 5.69 Å². The minimum atomic E-state index is -0.378. The summed E-state index contributed by atoms with van der Waals surface area (Å²) in [4.78, 5) is 41.6. The molecule has 0 saturated heterocycles. The number of fused-ring (bicyclic) bond motifs is 1. The van der Waals surface area contributed by atoms with Gasteiger partial charge in [-0.25, -0.2) is 0 Å². The van der Waals surface area contributed by atoms with E-state index in [1.54, 1.807) is 24.3 Å². The summed E-state index contributed by atoms with van der Waals surface area (Å²) in [5.41, 5.74) is 4.42. The number of aryl methyl sites for hydroxylation is 2. The van der Waals surface area contributed by atoms with Crippen LogP contribution in [0.15, 0.2) is 72.8 Å². The van der Waals surface area contributed by atoms with Gasteiger partial charge in [-0.15, -0.1) is 0 Å². The maximum atomic E-state index is 13.3. The third kappa shape index (κ3) is 3.62. The van der Waals surface area contributed by atoms with Gasteiger partial charge in [-0.05, 0) is 54.8 Å². The van der Waals surface area contributed by atoms with Crippen molar-refractivity contribution in [2.45, 2.75) is 20.3 Å². The average Bonchev–Trinajstić information content (AvgIpc) is 2.99. The van der Waals surface area contributed by atoms with Gasteiger partial charge in [0.05, 0.1) is 17.5 Å². The van der Waals surface area contributed by atoms with Crippen molar-refractivity contribution in [3.05, 3.63) is 101 Å². The second-order valence-corrected chi connectivity index (χ2v) is 7.48. The Labute approximate surface area is 175 Å². The van der Waals surface area contributed by atoms with Gasteiger partial charge < -0.3 is 0 Å². The molecular weight excluding hydrogens is 376 g/mol. The summed E-state index contributed by atoms with van der Waals surface area (Å²) >= 11 is 0. The van der Waals surface area contributed by atoms with Gasteiger partial charge in [0.2, 0.25) is 5.91 Å². The van der Waals surface area contributed by atoms with Crippen LogP contribution in [0, 0.1) is 13.8 Å². The second-order valence-electron chi connectivity index (χ2n) is 7.48. The van der Waals surface area contributed by atoms with Crippen molar-refractivity contribution in [2.75, 3.05) is 11.6 Å². The summed E-state index contributed by atoms with van der Waals surface area (Å²) in [6.07, 6.45) is 0.178. The Morgan fingerprint density at radius 3 is 2.00 bits per heavy atom. The lowest BCUT2D eigenvalue weighted by Gasteiger charge is -2.28. The van der Waals surface area contributed by atoms with Gasteiger partial charge in [-0.3, -0.25) is 24.2 Å². The molecule has 0 unspecified atom stereocenters. The molecule has 1 aliphatic heterocycles. The molecule has 3 amide bonds. The number of imide groups is 1. The molecule has 0 fully saturated rings. The lowest BCUT2D eigenvalue weighted by Crippen LogP contribution is -2.45. The van der Waals surface area contributed by atoms with Crippen LogP contribution in [0.25, 0.3) is 0 Å². The van der Waals surface area contributed by atoms with E-state index in [2.05, 4.69) is 0 Å². The lowest BCUT2D eigenvalue weighted by molar-refractivity contribution is -0.118. The molecule has 1 aliphatic rings. The Morgan fingerprint density at radius 2 is 1.40 bits per heavy atom. The van der Waals surface area contributed by atoms with E-state index in [1.807, 2.05) is 62.4 Å². The number of amides is 3. The van der Waals surface area contributed by atoms with Crippen molar-refractivity contribution in [1.29, 1.82) is 0 Å². The highest BCUT2D eigenvalue weighted by Gasteiger charge is 2.37. The van der Waals surface area contributed by atoms with Crippen molar-refractivity contribution < 1.29 is 14.4 Å². The lowest BCUT2D eigenvalue weighted by atomic mass is 10.1. The number of rotatable bonds is 5. The predicted molar refractivity (Wildman–Crippen MR) is 115 cm³/mol. The van der Waals surface area contributed by atoms with Gasteiger partial charge in [-0.2, -0.15) is 0 Å². The third-order valence-electron chi connectivity index (χ3n) is 5.46. The zero-order valence-corrected chi connectivity index (χ0v) is 17.0. The Kier molecular flexibility index (Phi) is 5.19. The molecular formula is C25H22N2O3. The monoisotopic (exact) mass is 398 g/mol. The van der Waals surface area contributed by atoms with Crippen LogP contribution in [-0.2, 0) is 11.2 Å². The van der Waals surface area contributed by atoms with Crippen molar-refractivity contribution >= 4 is 23.4 Å². The van der Waals surface area contributed by atoms with Crippen LogP contribution in [0.5, 0.6) is 0 Å². The van der Waals surface area contributed by atoms with Gasteiger partial charge in [0, 0.05) is 5.69 Å². The zero-order valence-electron chi connectivity index (χ0n) is 17.0. The fraction of sp³-hybridized carbons (Fsp3) is 0.160. The van der Waals surface area contributed by atoms with E-state index in [0.29, 0.717) is 16.8 Å². The molecule has 0 spiro atoms. The summed E-state index contributed by atoms with van der Waals surface area (Å²) in [6, 6.07) is 21.9. The third-order valence-corrected chi connectivity index (χ3v) is 5.46. The summed E-state index contributed by atoms with van der Waals surface area (Å²) in [5.74, 6) is -0.935. The van der Waals surface area contributed by atoms with Gasteiger partial charge in [0.15, 0.2) is 0 Å². The number of hydrogen-bond donors (Lipinski definition) is 0. The van der Waals surface area contributed by atoms with Crippen LogP contribution in [0.1, 0.15) is 37.4 Å². The first kappa shape index (κ1) is 19.6. The smallest absolute Gasteiger partial charge is 0.263 e. The summed E-state index contributed by atoms with van der Waals surface area (Å²) in [5, 5.41) is 0. The van der Waals surface area contributed by atoms with E-state index < -0.39 is 0 Å². The van der Waals surface area contributed by atoms with E-state index in [1.165, 1.54) is 4.90 Å². The SMILES string of the molecule is Cc1ccc(N(CN2C(=O)c3ccccc3C2=O)C(=O)Cc2ccccc2)cc1C. The molecule has 150 valence electrons. The van der Waals surface area contributed by atoms with Crippen molar-refractivity contribution in [3.63, 3.8) is 0 Å². The molecule has 5 heteroatoms. The molecule has 0 N–H and O–H groups in total. The highest BCUT2D eigenvalue weighted by Crippen LogP contribution is 2.26. The van der Waals surface area contributed by atoms with E-state index in [-0.39, 0.29) is 30.8 Å². The maximum absolute atomic E-state index is 13.3. The Bertz CT molecular complexity index is 1100. The number of benzene rings is 3. The van der Waals surface area contributed by atoms with Crippen LogP contribution in [-0.4, -0.2) is 29.3 Å². The molecule has 0 bridgehead atoms. The number of hydrogen-bond acceptors (Lipinski definition) is 3. The Hall–Kier alpha value is -3.73. The average molecular weight is 398 g/mol.